The molecule has 0 saturated carbocycles. The van der Waals surface area contributed by atoms with Gasteiger partial charge in [0, 0.05) is 9.75 Å². The molecule has 6 nitrogen and oxygen atoms in total. The zero-order chi connectivity index (χ0) is 18.8. The monoisotopic (exact) mass is 390 g/mol. The maximum atomic E-state index is 11.3. The van der Waals surface area contributed by atoms with Gasteiger partial charge in [-0.15, -0.1) is 22.7 Å². The molecule has 3 N–H and O–H groups in total. The van der Waals surface area contributed by atoms with Gasteiger partial charge in [0.05, 0.1) is 27.0 Å². The van der Waals surface area contributed by atoms with Crippen molar-refractivity contribution in [3.63, 3.8) is 0 Å². The third-order valence-electron chi connectivity index (χ3n) is 3.58. The Labute approximate surface area is 157 Å². The summed E-state index contributed by atoms with van der Waals surface area (Å²) in [6.45, 7) is 6.25. The first-order valence-electron chi connectivity index (χ1n) is 7.96. The summed E-state index contributed by atoms with van der Waals surface area (Å²) in [5.41, 5.74) is 2.72. The van der Waals surface area contributed by atoms with Gasteiger partial charge in [0.15, 0.2) is 0 Å². The Morgan fingerprint density at radius 1 is 0.962 bits per heavy atom. The van der Waals surface area contributed by atoms with E-state index in [0.717, 1.165) is 20.4 Å². The summed E-state index contributed by atoms with van der Waals surface area (Å²) in [6, 6.07) is 7.48. The van der Waals surface area contributed by atoms with Crippen molar-refractivity contribution in [2.75, 3.05) is 6.61 Å². The van der Waals surface area contributed by atoms with Crippen LogP contribution in [0.1, 0.15) is 37.7 Å². The fraction of sp³-hybridized carbons (Fsp3) is 0.222. The summed E-state index contributed by atoms with van der Waals surface area (Å²) in [6.07, 6.45) is 0. The van der Waals surface area contributed by atoms with Crippen LogP contribution in [0, 0.1) is 13.8 Å². The van der Waals surface area contributed by atoms with E-state index < -0.39 is 5.97 Å². The summed E-state index contributed by atoms with van der Waals surface area (Å²) < 4.78 is 7.00. The number of esters is 1. The number of thiophene rings is 2. The molecule has 0 aliphatic carbocycles. The van der Waals surface area contributed by atoms with E-state index in [1.54, 1.807) is 35.7 Å². The highest BCUT2D eigenvalue weighted by atomic mass is 32.1. The van der Waals surface area contributed by atoms with E-state index in [9.17, 15) is 9.59 Å². The molecule has 4 aromatic heterocycles. The number of aromatic amines is 2. The lowest BCUT2D eigenvalue weighted by Gasteiger charge is -1.96. The quantitative estimate of drug-likeness (QED) is 0.431. The zero-order valence-corrected chi connectivity index (χ0v) is 16.1. The molecular formula is C18H18N2O4S2. The van der Waals surface area contributed by atoms with Gasteiger partial charge < -0.3 is 19.8 Å². The molecule has 0 unspecified atom stereocenters. The van der Waals surface area contributed by atoms with Gasteiger partial charge in [-0.25, -0.2) is 9.59 Å². The van der Waals surface area contributed by atoms with E-state index in [2.05, 4.69) is 9.97 Å². The van der Waals surface area contributed by atoms with Crippen LogP contribution in [0.3, 0.4) is 0 Å². The number of hydrogen-bond acceptors (Lipinski definition) is 5. The minimum absolute atomic E-state index is 0.260. The Bertz CT molecular complexity index is 1020. The van der Waals surface area contributed by atoms with Crippen molar-refractivity contribution in [2.24, 2.45) is 0 Å². The molecular weight excluding hydrogens is 372 g/mol. The molecule has 136 valence electrons. The fourth-order valence-electron chi connectivity index (χ4n) is 2.53. The molecule has 0 amide bonds. The second-order valence-corrected chi connectivity index (χ2v) is 8.24. The molecule has 0 fully saturated rings. The molecule has 0 aliphatic heterocycles. The second kappa shape index (κ2) is 7.35. The normalized spacial score (nSPS) is 10.7. The maximum Gasteiger partial charge on any atom is 0.354 e. The predicted molar refractivity (Wildman–Crippen MR) is 105 cm³/mol. The van der Waals surface area contributed by atoms with Crippen molar-refractivity contribution in [1.29, 1.82) is 0 Å². The molecule has 4 rings (SSSR count). The number of aromatic nitrogens is 2. The zero-order valence-electron chi connectivity index (χ0n) is 14.5. The highest BCUT2D eigenvalue weighted by Crippen LogP contribution is 2.26. The lowest BCUT2D eigenvalue weighted by atomic mass is 10.4. The number of rotatable bonds is 3. The minimum atomic E-state index is -0.906. The van der Waals surface area contributed by atoms with Gasteiger partial charge in [-0.2, -0.15) is 0 Å². The number of nitrogens with one attached hydrogen (secondary N) is 2. The van der Waals surface area contributed by atoms with Crippen LogP contribution >= 0.6 is 22.7 Å². The third kappa shape index (κ3) is 3.81. The fourth-order valence-corrected chi connectivity index (χ4v) is 4.37. The van der Waals surface area contributed by atoms with Gasteiger partial charge in [-0.1, -0.05) is 0 Å². The van der Waals surface area contributed by atoms with Crippen LogP contribution in [0.5, 0.6) is 0 Å². The molecule has 26 heavy (non-hydrogen) atoms. The Morgan fingerprint density at radius 3 is 1.92 bits per heavy atom. The van der Waals surface area contributed by atoms with E-state index in [1.807, 2.05) is 32.0 Å². The van der Waals surface area contributed by atoms with E-state index in [-0.39, 0.29) is 11.7 Å². The first-order chi connectivity index (χ1) is 12.4. The number of fused-ring (bicyclic) bond motifs is 2. The van der Waals surface area contributed by atoms with Crippen LogP contribution in [0.15, 0.2) is 24.3 Å². The Kier molecular flexibility index (Phi) is 5.15. The smallest absolute Gasteiger partial charge is 0.354 e. The molecule has 4 aromatic rings. The van der Waals surface area contributed by atoms with Crippen LogP contribution in [0.4, 0.5) is 0 Å². The number of aryl methyl sites for hydroxylation is 2. The number of carbonyl (C=O) groups is 2. The number of aromatic carboxylic acids is 1. The van der Waals surface area contributed by atoms with Gasteiger partial charge in [-0.3, -0.25) is 0 Å². The molecule has 0 aromatic carbocycles. The molecule has 8 heteroatoms. The van der Waals surface area contributed by atoms with Gasteiger partial charge in [0.2, 0.25) is 0 Å². The van der Waals surface area contributed by atoms with Gasteiger partial charge in [0.1, 0.15) is 11.4 Å². The van der Waals surface area contributed by atoms with Crippen molar-refractivity contribution in [1.82, 2.24) is 9.97 Å². The van der Waals surface area contributed by atoms with Crippen molar-refractivity contribution in [3.8, 4) is 0 Å². The highest BCUT2D eigenvalue weighted by Gasteiger charge is 2.11. The first-order valence-corrected chi connectivity index (χ1v) is 9.59. The number of carboxylic acids is 1. The number of carbonyl (C=O) groups excluding carboxylic acids is 1. The van der Waals surface area contributed by atoms with Crippen molar-refractivity contribution < 1.29 is 19.4 Å². The standard InChI is InChI=1S/C10H11NO2S.C8H7NO2S/c1-3-13-10(12)8-5-9-7(11-8)4-6(2)14-9;1-4-2-5-7(12-4)3-6(9-5)8(10)11/h4-5,11H,3H2,1-2H3;2-3,9H,1H3,(H,10,11). The second-order valence-electron chi connectivity index (χ2n) is 5.66. The summed E-state index contributed by atoms with van der Waals surface area (Å²) in [4.78, 5) is 30.2. The third-order valence-corrected chi connectivity index (χ3v) is 5.58. The Hall–Kier alpha value is -2.58. The summed E-state index contributed by atoms with van der Waals surface area (Å²) in [7, 11) is 0. The van der Waals surface area contributed by atoms with Crippen molar-refractivity contribution >= 4 is 55.0 Å². The largest absolute Gasteiger partial charge is 0.477 e. The van der Waals surface area contributed by atoms with E-state index in [0.29, 0.717) is 12.3 Å². The van der Waals surface area contributed by atoms with Crippen LogP contribution in [0.2, 0.25) is 0 Å². The lowest BCUT2D eigenvalue weighted by Crippen LogP contribution is -2.04. The number of H-pyrrole nitrogens is 2. The van der Waals surface area contributed by atoms with Crippen molar-refractivity contribution in [3.05, 3.63) is 45.4 Å². The van der Waals surface area contributed by atoms with Crippen LogP contribution in [-0.4, -0.2) is 33.6 Å². The SMILES string of the molecule is CCOC(=O)c1cc2sc(C)cc2[nH]1.Cc1cc2[nH]c(C(=O)O)cc2s1. The van der Waals surface area contributed by atoms with Crippen molar-refractivity contribution in [2.45, 2.75) is 20.8 Å². The molecule has 0 radical (unpaired) electrons. The minimum Gasteiger partial charge on any atom is -0.477 e. The average molecular weight is 390 g/mol. The van der Waals surface area contributed by atoms with Gasteiger partial charge in [-0.05, 0) is 45.0 Å². The number of hydrogen-bond donors (Lipinski definition) is 3. The lowest BCUT2D eigenvalue weighted by molar-refractivity contribution is 0.0520. The van der Waals surface area contributed by atoms with Gasteiger partial charge >= 0.3 is 11.9 Å². The molecule has 0 saturated heterocycles. The van der Waals surface area contributed by atoms with Crippen LogP contribution in [-0.2, 0) is 4.74 Å². The van der Waals surface area contributed by atoms with E-state index in [1.165, 1.54) is 9.75 Å². The maximum absolute atomic E-state index is 11.3. The average Bonchev–Trinajstić information content (AvgIpc) is 3.26. The van der Waals surface area contributed by atoms with Crippen LogP contribution in [0.25, 0.3) is 20.4 Å². The Morgan fingerprint density at radius 2 is 1.46 bits per heavy atom. The summed E-state index contributed by atoms with van der Waals surface area (Å²) >= 11 is 3.27. The molecule has 0 atom stereocenters. The summed E-state index contributed by atoms with van der Waals surface area (Å²) in [5, 5.41) is 8.65. The first kappa shape index (κ1) is 18.2. The van der Waals surface area contributed by atoms with E-state index in [4.69, 9.17) is 9.84 Å². The molecule has 0 aliphatic rings. The Balaban J connectivity index is 0.000000152. The highest BCUT2D eigenvalue weighted by molar-refractivity contribution is 7.19. The van der Waals surface area contributed by atoms with Crippen LogP contribution < -0.4 is 0 Å². The molecule has 0 bridgehead atoms. The predicted octanol–water partition coefficient (Wildman–Crippen LogP) is 4.95. The number of carboxylic acid groups (broad SMARTS) is 1. The van der Waals surface area contributed by atoms with Gasteiger partial charge in [0.25, 0.3) is 0 Å². The molecule has 4 heterocycles. The van der Waals surface area contributed by atoms with E-state index >= 15 is 0 Å². The molecule has 0 spiro atoms. The summed E-state index contributed by atoms with van der Waals surface area (Å²) in [5.74, 6) is -1.19. The topological polar surface area (TPSA) is 95.2 Å². The number of ether oxygens (including phenoxy) is 1.